The molecule has 3 aromatic carbocycles. The van der Waals surface area contributed by atoms with E-state index in [1.54, 1.807) is 36.5 Å². The van der Waals surface area contributed by atoms with E-state index >= 15 is 0 Å². The lowest BCUT2D eigenvalue weighted by Gasteiger charge is -2.11. The van der Waals surface area contributed by atoms with Gasteiger partial charge >= 0.3 is 0 Å². The van der Waals surface area contributed by atoms with Crippen molar-refractivity contribution >= 4 is 45.7 Å². The summed E-state index contributed by atoms with van der Waals surface area (Å²) < 4.78 is 0. The van der Waals surface area contributed by atoms with E-state index in [1.807, 2.05) is 74.6 Å². The molecule has 8 nitrogen and oxygen atoms in total. The molecule has 0 aliphatic rings. The number of nitrogens with one attached hydrogen (secondary N) is 3. The van der Waals surface area contributed by atoms with Crippen molar-refractivity contribution in [2.45, 2.75) is 13.3 Å². The van der Waals surface area contributed by atoms with Crippen LogP contribution in [0.5, 0.6) is 0 Å². The van der Waals surface area contributed by atoms with E-state index in [0.717, 1.165) is 27.6 Å². The molecule has 0 bridgehead atoms. The average Bonchev–Trinajstić information content (AvgIpc) is 3.40. The predicted octanol–water partition coefficient (Wildman–Crippen LogP) is 6.49. The van der Waals surface area contributed by atoms with Crippen molar-refractivity contribution < 1.29 is 9.59 Å². The Labute approximate surface area is 249 Å². The molecule has 212 valence electrons. The molecule has 5 aromatic rings. The number of carbonyl (C=O) groups is 2. The van der Waals surface area contributed by atoms with Crippen LogP contribution in [0, 0.1) is 6.92 Å². The summed E-state index contributed by atoms with van der Waals surface area (Å²) in [5.74, 6) is 0.151. The number of fused-ring (bicyclic) bond motifs is 1. The zero-order valence-electron chi connectivity index (χ0n) is 23.6. The molecule has 3 N–H and O–H groups in total. The Morgan fingerprint density at radius 3 is 2.55 bits per heavy atom. The van der Waals surface area contributed by atoms with Crippen LogP contribution in [0.4, 0.5) is 11.4 Å². The van der Waals surface area contributed by atoms with E-state index in [9.17, 15) is 9.59 Å². The number of amides is 2. The summed E-state index contributed by atoms with van der Waals surface area (Å²) in [5, 5.41) is 7.28. The zero-order chi connectivity index (χ0) is 29.6. The standard InChI is InChI=1S/C33H31ClN6O2/c1-21-10-13-25(38-33(42)22-11-14-24(15-12-22)37-31(41)9-6-16-40(2)3)17-23(21)18-30-36-20-28(34)32(39-30)27-19-35-29-8-5-4-7-26(27)29/h4-15,17,19-20,35H,16,18H2,1-3H3,(H,37,41)(H,38,42)/b9-6+. The van der Waals surface area contributed by atoms with E-state index < -0.39 is 0 Å². The third-order valence-corrected chi connectivity index (χ3v) is 7.02. The fourth-order valence-corrected chi connectivity index (χ4v) is 4.71. The number of aromatic amines is 1. The highest BCUT2D eigenvalue weighted by Gasteiger charge is 2.14. The number of para-hydroxylation sites is 1. The zero-order valence-corrected chi connectivity index (χ0v) is 24.4. The van der Waals surface area contributed by atoms with Crippen LogP contribution in [0.15, 0.2) is 91.3 Å². The second-order valence-electron chi connectivity index (χ2n) is 10.2. The van der Waals surface area contributed by atoms with Gasteiger partial charge in [-0.25, -0.2) is 9.97 Å². The van der Waals surface area contributed by atoms with Crippen molar-refractivity contribution in [2.75, 3.05) is 31.3 Å². The van der Waals surface area contributed by atoms with Gasteiger partial charge in [-0.15, -0.1) is 0 Å². The van der Waals surface area contributed by atoms with Crippen LogP contribution in [-0.2, 0) is 11.2 Å². The topological polar surface area (TPSA) is 103 Å². The molecular formula is C33H31ClN6O2. The first-order chi connectivity index (χ1) is 20.3. The molecule has 42 heavy (non-hydrogen) atoms. The van der Waals surface area contributed by atoms with Gasteiger partial charge in [-0.1, -0.05) is 41.9 Å². The number of halogens is 1. The van der Waals surface area contributed by atoms with Crippen LogP contribution in [0.1, 0.15) is 27.3 Å². The Balaban J connectivity index is 1.27. The molecule has 2 amide bonds. The number of hydrogen-bond acceptors (Lipinski definition) is 5. The Morgan fingerprint density at radius 1 is 1.00 bits per heavy atom. The van der Waals surface area contributed by atoms with Crippen molar-refractivity contribution in [1.29, 1.82) is 0 Å². The van der Waals surface area contributed by atoms with Crippen LogP contribution in [0.2, 0.25) is 5.02 Å². The van der Waals surface area contributed by atoms with Gasteiger partial charge in [-0.05, 0) is 74.6 Å². The third kappa shape index (κ3) is 6.91. The lowest BCUT2D eigenvalue weighted by atomic mass is 10.0. The number of anilines is 2. The van der Waals surface area contributed by atoms with Gasteiger partial charge in [0.05, 0.1) is 10.7 Å². The van der Waals surface area contributed by atoms with Crippen molar-refractivity contribution in [1.82, 2.24) is 19.9 Å². The first-order valence-corrected chi connectivity index (χ1v) is 13.9. The summed E-state index contributed by atoms with van der Waals surface area (Å²) in [5.41, 5.74) is 6.39. The fraction of sp³-hybridized carbons (Fsp3) is 0.152. The molecule has 9 heteroatoms. The summed E-state index contributed by atoms with van der Waals surface area (Å²) in [4.78, 5) is 39.6. The Bertz CT molecular complexity index is 1780. The Hall–Kier alpha value is -4.79. The molecule has 0 radical (unpaired) electrons. The number of benzene rings is 3. The summed E-state index contributed by atoms with van der Waals surface area (Å²) in [6, 6.07) is 20.5. The van der Waals surface area contributed by atoms with Crippen LogP contribution in [0.25, 0.3) is 22.2 Å². The van der Waals surface area contributed by atoms with Gasteiger partial charge in [0.1, 0.15) is 5.82 Å². The van der Waals surface area contributed by atoms with E-state index in [1.165, 1.54) is 6.08 Å². The van der Waals surface area contributed by atoms with Gasteiger partial charge in [0, 0.05) is 64.8 Å². The molecule has 0 aliphatic heterocycles. The number of likely N-dealkylation sites (N-methyl/N-ethyl adjacent to an activating group) is 1. The van der Waals surface area contributed by atoms with E-state index in [2.05, 4.69) is 20.6 Å². The highest BCUT2D eigenvalue weighted by Crippen LogP contribution is 2.32. The minimum absolute atomic E-state index is 0.223. The monoisotopic (exact) mass is 578 g/mol. The van der Waals surface area contributed by atoms with Gasteiger partial charge in [0.25, 0.3) is 5.91 Å². The quantitative estimate of drug-likeness (QED) is 0.174. The van der Waals surface area contributed by atoms with Crippen LogP contribution < -0.4 is 10.6 Å². The average molecular weight is 579 g/mol. The van der Waals surface area contributed by atoms with Crippen LogP contribution >= 0.6 is 11.6 Å². The molecule has 0 atom stereocenters. The molecule has 0 saturated heterocycles. The lowest BCUT2D eigenvalue weighted by molar-refractivity contribution is -0.111. The summed E-state index contributed by atoms with van der Waals surface area (Å²) >= 11 is 6.52. The molecule has 0 aliphatic carbocycles. The molecule has 2 heterocycles. The maximum atomic E-state index is 13.0. The molecule has 0 spiro atoms. The maximum Gasteiger partial charge on any atom is 0.255 e. The number of aromatic nitrogens is 3. The normalized spacial score (nSPS) is 11.4. The van der Waals surface area contributed by atoms with Crippen molar-refractivity contribution in [3.05, 3.63) is 119 Å². The first kappa shape index (κ1) is 28.7. The van der Waals surface area contributed by atoms with Gasteiger partial charge in [0.15, 0.2) is 0 Å². The van der Waals surface area contributed by atoms with Gasteiger partial charge in [0.2, 0.25) is 5.91 Å². The molecule has 0 unspecified atom stereocenters. The third-order valence-electron chi connectivity index (χ3n) is 6.75. The number of hydrogen-bond donors (Lipinski definition) is 3. The summed E-state index contributed by atoms with van der Waals surface area (Å²) in [7, 11) is 3.86. The van der Waals surface area contributed by atoms with Gasteiger partial charge < -0.3 is 20.5 Å². The minimum Gasteiger partial charge on any atom is -0.360 e. The van der Waals surface area contributed by atoms with Crippen molar-refractivity contribution in [3.8, 4) is 11.3 Å². The molecular weight excluding hydrogens is 548 g/mol. The highest BCUT2D eigenvalue weighted by molar-refractivity contribution is 6.33. The Kier molecular flexibility index (Phi) is 8.76. The van der Waals surface area contributed by atoms with E-state index in [0.29, 0.717) is 46.4 Å². The summed E-state index contributed by atoms with van der Waals surface area (Å²) in [6.45, 7) is 2.69. The molecule has 2 aromatic heterocycles. The number of aryl methyl sites for hydroxylation is 1. The first-order valence-electron chi connectivity index (χ1n) is 13.5. The molecule has 5 rings (SSSR count). The number of nitrogens with zero attached hydrogens (tertiary/aromatic N) is 3. The Morgan fingerprint density at radius 2 is 1.76 bits per heavy atom. The number of H-pyrrole nitrogens is 1. The number of carbonyl (C=O) groups excluding carboxylic acids is 2. The largest absolute Gasteiger partial charge is 0.360 e. The number of rotatable bonds is 9. The fourth-order valence-electron chi connectivity index (χ4n) is 4.52. The van der Waals surface area contributed by atoms with Gasteiger partial charge in [-0.3, -0.25) is 9.59 Å². The van der Waals surface area contributed by atoms with E-state index in [4.69, 9.17) is 16.6 Å². The summed E-state index contributed by atoms with van der Waals surface area (Å²) in [6.07, 6.45) is 7.30. The second-order valence-corrected chi connectivity index (χ2v) is 10.6. The lowest BCUT2D eigenvalue weighted by Crippen LogP contribution is -2.14. The van der Waals surface area contributed by atoms with Crippen LogP contribution in [-0.4, -0.2) is 52.3 Å². The van der Waals surface area contributed by atoms with Crippen molar-refractivity contribution in [2.24, 2.45) is 0 Å². The molecule has 0 saturated carbocycles. The molecule has 0 fully saturated rings. The van der Waals surface area contributed by atoms with Gasteiger partial charge in [-0.2, -0.15) is 0 Å². The predicted molar refractivity (Wildman–Crippen MR) is 169 cm³/mol. The SMILES string of the molecule is Cc1ccc(NC(=O)c2ccc(NC(=O)/C=C/CN(C)C)cc2)cc1Cc1ncc(Cl)c(-c2c[nH]c3ccccc23)n1. The maximum absolute atomic E-state index is 13.0. The smallest absolute Gasteiger partial charge is 0.255 e. The minimum atomic E-state index is -0.252. The van der Waals surface area contributed by atoms with E-state index in [-0.39, 0.29) is 11.8 Å². The highest BCUT2D eigenvalue weighted by atomic mass is 35.5. The van der Waals surface area contributed by atoms with Crippen molar-refractivity contribution in [3.63, 3.8) is 0 Å². The van der Waals surface area contributed by atoms with Crippen LogP contribution in [0.3, 0.4) is 0 Å². The second kappa shape index (κ2) is 12.8.